The molecule has 4 rings (SSSR count). The number of likely N-dealkylation sites (tertiary alicyclic amines) is 2. The molecule has 0 aromatic heterocycles. The van der Waals surface area contributed by atoms with Crippen LogP contribution >= 0.6 is 21.6 Å². The standard InChI is InChI=1S/C26H36N2S2/c1-3-13-27(14-4-1)19-23-9-7-11-25(17-23)21-29-30-22-26-12-8-10-24(18-26)20-28-15-5-2-6-16-28/h7-12,17-18H,1-6,13-16,19-22H2. The molecule has 0 N–H and O–H groups in total. The number of hydrogen-bond donors (Lipinski definition) is 0. The molecule has 162 valence electrons. The number of rotatable bonds is 9. The van der Waals surface area contributed by atoms with Crippen LogP contribution in [0.3, 0.4) is 0 Å². The summed E-state index contributed by atoms with van der Waals surface area (Å²) >= 11 is 0. The van der Waals surface area contributed by atoms with Gasteiger partial charge in [0.25, 0.3) is 0 Å². The van der Waals surface area contributed by atoms with Gasteiger partial charge in [0.1, 0.15) is 0 Å². The largest absolute Gasteiger partial charge is 0.299 e. The zero-order valence-corrected chi connectivity index (χ0v) is 19.9. The molecule has 2 aliphatic heterocycles. The minimum Gasteiger partial charge on any atom is -0.299 e. The lowest BCUT2D eigenvalue weighted by atomic mass is 10.1. The minimum absolute atomic E-state index is 1.09. The van der Waals surface area contributed by atoms with Crippen LogP contribution in [0.25, 0.3) is 0 Å². The van der Waals surface area contributed by atoms with Crippen molar-refractivity contribution < 1.29 is 0 Å². The lowest BCUT2D eigenvalue weighted by Crippen LogP contribution is -2.29. The molecule has 0 spiro atoms. The van der Waals surface area contributed by atoms with Crippen LogP contribution in [0.1, 0.15) is 60.8 Å². The van der Waals surface area contributed by atoms with Gasteiger partial charge in [0.05, 0.1) is 0 Å². The van der Waals surface area contributed by atoms with Crippen molar-refractivity contribution in [3.05, 3.63) is 70.8 Å². The highest BCUT2D eigenvalue weighted by Crippen LogP contribution is 2.30. The SMILES string of the molecule is c1cc(CSSCc2cccc(CN3CCCCC3)c2)cc(CN2CCCCC2)c1. The number of hydrogen-bond acceptors (Lipinski definition) is 4. The van der Waals surface area contributed by atoms with Crippen LogP contribution < -0.4 is 0 Å². The Hall–Kier alpha value is -0.940. The monoisotopic (exact) mass is 440 g/mol. The average Bonchev–Trinajstić information content (AvgIpc) is 2.79. The fourth-order valence-electron chi connectivity index (χ4n) is 4.61. The highest BCUT2D eigenvalue weighted by molar-refractivity contribution is 8.76. The van der Waals surface area contributed by atoms with Crippen molar-refractivity contribution in [1.82, 2.24) is 9.80 Å². The molecule has 0 radical (unpaired) electrons. The topological polar surface area (TPSA) is 6.48 Å². The van der Waals surface area contributed by atoms with E-state index < -0.39 is 0 Å². The van der Waals surface area contributed by atoms with Crippen molar-refractivity contribution in [2.75, 3.05) is 26.2 Å². The molecule has 30 heavy (non-hydrogen) atoms. The molecule has 0 bridgehead atoms. The van der Waals surface area contributed by atoms with Gasteiger partial charge >= 0.3 is 0 Å². The van der Waals surface area contributed by atoms with Crippen LogP contribution in [0.2, 0.25) is 0 Å². The summed E-state index contributed by atoms with van der Waals surface area (Å²) in [7, 11) is 3.98. The van der Waals surface area contributed by atoms with Gasteiger partial charge in [0, 0.05) is 24.6 Å². The van der Waals surface area contributed by atoms with E-state index in [1.807, 2.05) is 21.6 Å². The molecular formula is C26H36N2S2. The van der Waals surface area contributed by atoms with Crippen LogP contribution in [0, 0.1) is 0 Å². The fraction of sp³-hybridized carbons (Fsp3) is 0.538. The smallest absolute Gasteiger partial charge is 0.0288 e. The molecule has 2 heterocycles. The molecule has 0 amide bonds. The van der Waals surface area contributed by atoms with Gasteiger partial charge in [-0.05, 0) is 74.1 Å². The Kier molecular flexibility index (Phi) is 9.04. The van der Waals surface area contributed by atoms with E-state index >= 15 is 0 Å². The van der Waals surface area contributed by atoms with Crippen LogP contribution in [0.5, 0.6) is 0 Å². The van der Waals surface area contributed by atoms with Gasteiger partial charge in [-0.25, -0.2) is 0 Å². The Morgan fingerprint density at radius 2 is 0.933 bits per heavy atom. The molecule has 2 nitrogen and oxygen atoms in total. The molecule has 2 fully saturated rings. The third-order valence-electron chi connectivity index (χ3n) is 6.23. The highest BCUT2D eigenvalue weighted by atomic mass is 33.1. The van der Waals surface area contributed by atoms with Crippen molar-refractivity contribution in [2.45, 2.75) is 63.1 Å². The first-order chi connectivity index (χ1) is 14.8. The number of nitrogens with zero attached hydrogens (tertiary/aromatic N) is 2. The summed E-state index contributed by atoms with van der Waals surface area (Å²) < 4.78 is 0. The van der Waals surface area contributed by atoms with E-state index in [4.69, 9.17) is 0 Å². The first kappa shape index (κ1) is 22.3. The Balaban J connectivity index is 1.20. The van der Waals surface area contributed by atoms with Gasteiger partial charge in [0.15, 0.2) is 0 Å². The van der Waals surface area contributed by atoms with Crippen molar-refractivity contribution in [1.29, 1.82) is 0 Å². The van der Waals surface area contributed by atoms with E-state index in [2.05, 4.69) is 58.3 Å². The predicted molar refractivity (Wildman–Crippen MR) is 134 cm³/mol. The quantitative estimate of drug-likeness (QED) is 0.314. The highest BCUT2D eigenvalue weighted by Gasteiger charge is 2.11. The van der Waals surface area contributed by atoms with E-state index in [1.165, 1.54) is 87.0 Å². The molecule has 0 saturated carbocycles. The summed E-state index contributed by atoms with van der Waals surface area (Å²) in [6.45, 7) is 7.32. The van der Waals surface area contributed by atoms with Gasteiger partial charge < -0.3 is 0 Å². The van der Waals surface area contributed by atoms with E-state index in [-0.39, 0.29) is 0 Å². The summed E-state index contributed by atoms with van der Waals surface area (Å²) in [5.41, 5.74) is 5.87. The molecule has 0 atom stereocenters. The summed E-state index contributed by atoms with van der Waals surface area (Å²) in [5.74, 6) is 2.18. The zero-order chi connectivity index (χ0) is 20.4. The molecule has 2 saturated heterocycles. The molecule has 4 heteroatoms. The molecule has 0 unspecified atom stereocenters. The van der Waals surface area contributed by atoms with Crippen LogP contribution in [-0.2, 0) is 24.6 Å². The molecule has 2 aliphatic rings. The van der Waals surface area contributed by atoms with Crippen LogP contribution in [0.4, 0.5) is 0 Å². The van der Waals surface area contributed by atoms with Gasteiger partial charge in [0.2, 0.25) is 0 Å². The molecule has 2 aromatic carbocycles. The lowest BCUT2D eigenvalue weighted by molar-refractivity contribution is 0.221. The normalized spacial score (nSPS) is 18.5. The third-order valence-corrected chi connectivity index (χ3v) is 8.50. The summed E-state index contributed by atoms with van der Waals surface area (Å²) in [6.07, 6.45) is 8.28. The number of piperidine rings is 2. The molecule has 2 aromatic rings. The van der Waals surface area contributed by atoms with Gasteiger partial charge in [-0.3, -0.25) is 9.80 Å². The van der Waals surface area contributed by atoms with Crippen molar-refractivity contribution in [3.63, 3.8) is 0 Å². The Labute approximate surface area is 191 Å². The van der Waals surface area contributed by atoms with Gasteiger partial charge in [-0.15, -0.1) is 0 Å². The minimum atomic E-state index is 1.09. The first-order valence-electron chi connectivity index (χ1n) is 11.7. The van der Waals surface area contributed by atoms with Gasteiger partial charge in [-0.1, -0.05) is 83.0 Å². The molecular weight excluding hydrogens is 404 g/mol. The Bertz CT molecular complexity index is 702. The van der Waals surface area contributed by atoms with Crippen molar-refractivity contribution >= 4 is 21.6 Å². The van der Waals surface area contributed by atoms with E-state index in [9.17, 15) is 0 Å². The predicted octanol–water partition coefficient (Wildman–Crippen LogP) is 6.74. The van der Waals surface area contributed by atoms with Crippen molar-refractivity contribution in [2.24, 2.45) is 0 Å². The average molecular weight is 441 g/mol. The first-order valence-corrected chi connectivity index (χ1v) is 14.2. The Morgan fingerprint density at radius 1 is 0.533 bits per heavy atom. The van der Waals surface area contributed by atoms with E-state index in [1.54, 1.807) is 0 Å². The van der Waals surface area contributed by atoms with E-state index in [0.717, 1.165) is 24.6 Å². The summed E-state index contributed by atoms with van der Waals surface area (Å²) in [4.78, 5) is 5.22. The Morgan fingerprint density at radius 3 is 1.37 bits per heavy atom. The van der Waals surface area contributed by atoms with Gasteiger partial charge in [-0.2, -0.15) is 0 Å². The third kappa shape index (κ3) is 7.33. The molecule has 0 aliphatic carbocycles. The zero-order valence-electron chi connectivity index (χ0n) is 18.2. The summed E-state index contributed by atoms with van der Waals surface area (Å²) in [6, 6.07) is 18.5. The maximum absolute atomic E-state index is 2.61. The van der Waals surface area contributed by atoms with E-state index in [0.29, 0.717) is 0 Å². The lowest BCUT2D eigenvalue weighted by Gasteiger charge is -2.26. The maximum atomic E-state index is 2.61. The van der Waals surface area contributed by atoms with Crippen LogP contribution in [-0.4, -0.2) is 36.0 Å². The second kappa shape index (κ2) is 12.2. The number of benzene rings is 2. The maximum Gasteiger partial charge on any atom is 0.0288 e. The summed E-state index contributed by atoms with van der Waals surface area (Å²) in [5, 5.41) is 0. The van der Waals surface area contributed by atoms with Crippen LogP contribution in [0.15, 0.2) is 48.5 Å². The second-order valence-corrected chi connectivity index (χ2v) is 11.3. The van der Waals surface area contributed by atoms with Crippen molar-refractivity contribution in [3.8, 4) is 0 Å². The fourth-order valence-corrected chi connectivity index (χ4v) is 6.72. The second-order valence-electron chi connectivity index (χ2n) is 8.84.